The molecule has 2 nitrogen and oxygen atoms in total. The number of ketones is 1. The van der Waals surface area contributed by atoms with Gasteiger partial charge in [0.15, 0.2) is 0 Å². The number of nitrogens with zero attached hydrogens (tertiary/aromatic N) is 1. The molecule has 3 unspecified atom stereocenters. The molecule has 1 heterocycles. The highest BCUT2D eigenvalue weighted by molar-refractivity contribution is 5.76. The molecule has 3 atom stereocenters. The van der Waals surface area contributed by atoms with E-state index in [9.17, 15) is 4.79 Å². The van der Waals surface area contributed by atoms with Crippen LogP contribution in [0.25, 0.3) is 0 Å². The molecule has 0 aromatic rings. The van der Waals surface area contributed by atoms with Gasteiger partial charge in [0.05, 0.1) is 0 Å². The number of piperidine rings is 1. The molecule has 0 aromatic heterocycles. The molecule has 1 aliphatic carbocycles. The van der Waals surface area contributed by atoms with E-state index in [2.05, 4.69) is 11.8 Å². The minimum Gasteiger partial charge on any atom is -0.300 e. The van der Waals surface area contributed by atoms with E-state index < -0.39 is 0 Å². The van der Waals surface area contributed by atoms with E-state index in [0.29, 0.717) is 11.8 Å². The number of carbonyl (C=O) groups is 1. The van der Waals surface area contributed by atoms with E-state index in [1.165, 1.54) is 38.6 Å². The Balaban J connectivity index is 1.97. The number of likely N-dealkylation sites (tertiary alicyclic amines) is 1. The minimum absolute atomic E-state index is 0.336. The van der Waals surface area contributed by atoms with Crippen LogP contribution in [0, 0.1) is 5.92 Å². The molecule has 1 aliphatic heterocycles. The molecule has 0 N–H and O–H groups in total. The maximum absolute atomic E-state index is 11.2. The van der Waals surface area contributed by atoms with E-state index in [4.69, 9.17) is 0 Å². The van der Waals surface area contributed by atoms with Crippen molar-refractivity contribution in [2.75, 3.05) is 6.54 Å². The Labute approximate surface area is 93.0 Å². The Hall–Kier alpha value is -0.370. The van der Waals surface area contributed by atoms with Crippen LogP contribution in [-0.2, 0) is 4.79 Å². The van der Waals surface area contributed by atoms with Gasteiger partial charge in [0.2, 0.25) is 0 Å². The fourth-order valence-corrected chi connectivity index (χ4v) is 3.57. The Bertz CT molecular complexity index is 239. The number of rotatable bonds is 3. The number of hydrogen-bond acceptors (Lipinski definition) is 2. The average molecular weight is 209 g/mol. The maximum Gasteiger partial charge on any atom is 0.131 e. The monoisotopic (exact) mass is 209 g/mol. The van der Waals surface area contributed by atoms with Crippen molar-refractivity contribution >= 4 is 5.78 Å². The number of carbonyl (C=O) groups excluding carboxylic acids is 1. The van der Waals surface area contributed by atoms with E-state index in [1.807, 2.05) is 0 Å². The van der Waals surface area contributed by atoms with Crippen LogP contribution in [0.2, 0.25) is 0 Å². The zero-order chi connectivity index (χ0) is 10.8. The SMILES string of the molecule is CC(=O)CC(C)N1CCCC2CCCC21. The van der Waals surface area contributed by atoms with Gasteiger partial charge in [-0.05, 0) is 52.0 Å². The first kappa shape index (κ1) is 11.1. The van der Waals surface area contributed by atoms with Gasteiger partial charge in [0.1, 0.15) is 5.78 Å². The summed E-state index contributed by atoms with van der Waals surface area (Å²) in [5, 5.41) is 0. The van der Waals surface area contributed by atoms with Crippen molar-refractivity contribution in [2.24, 2.45) is 5.92 Å². The molecule has 2 heteroatoms. The van der Waals surface area contributed by atoms with Gasteiger partial charge in [-0.2, -0.15) is 0 Å². The molecule has 0 aromatic carbocycles. The zero-order valence-corrected chi connectivity index (χ0v) is 10.0. The van der Waals surface area contributed by atoms with Crippen LogP contribution in [0.1, 0.15) is 52.4 Å². The van der Waals surface area contributed by atoms with Gasteiger partial charge in [-0.1, -0.05) is 6.42 Å². The molecule has 0 spiro atoms. The molecule has 0 bridgehead atoms. The lowest BCUT2D eigenvalue weighted by Gasteiger charge is -2.41. The van der Waals surface area contributed by atoms with E-state index in [-0.39, 0.29) is 0 Å². The summed E-state index contributed by atoms with van der Waals surface area (Å²) in [6.07, 6.45) is 7.69. The highest BCUT2D eigenvalue weighted by Crippen LogP contribution is 2.37. The van der Waals surface area contributed by atoms with Gasteiger partial charge < -0.3 is 0 Å². The third kappa shape index (κ3) is 2.41. The summed E-state index contributed by atoms with van der Waals surface area (Å²) in [4.78, 5) is 13.8. The van der Waals surface area contributed by atoms with Gasteiger partial charge in [0.25, 0.3) is 0 Å². The van der Waals surface area contributed by atoms with Crippen LogP contribution in [0.5, 0.6) is 0 Å². The van der Waals surface area contributed by atoms with Crippen molar-refractivity contribution in [1.29, 1.82) is 0 Å². The van der Waals surface area contributed by atoms with Crippen molar-refractivity contribution < 1.29 is 4.79 Å². The van der Waals surface area contributed by atoms with E-state index in [0.717, 1.165) is 18.4 Å². The molecule has 86 valence electrons. The maximum atomic E-state index is 11.2. The molecular weight excluding hydrogens is 186 g/mol. The smallest absolute Gasteiger partial charge is 0.131 e. The third-order valence-electron chi connectivity index (χ3n) is 4.19. The van der Waals surface area contributed by atoms with Crippen molar-refractivity contribution in [3.05, 3.63) is 0 Å². The van der Waals surface area contributed by atoms with Gasteiger partial charge in [-0.15, -0.1) is 0 Å². The Morgan fingerprint density at radius 1 is 1.33 bits per heavy atom. The molecule has 0 amide bonds. The standard InChI is InChI=1S/C13H23NO/c1-10(9-11(2)15)14-8-4-6-12-5-3-7-13(12)14/h10,12-13H,3-9H2,1-2H3. The van der Waals surface area contributed by atoms with Crippen molar-refractivity contribution in [3.8, 4) is 0 Å². The summed E-state index contributed by atoms with van der Waals surface area (Å²) in [6, 6.07) is 1.27. The topological polar surface area (TPSA) is 20.3 Å². The molecule has 2 fully saturated rings. The largest absolute Gasteiger partial charge is 0.300 e. The lowest BCUT2D eigenvalue weighted by Crippen LogP contribution is -2.47. The lowest BCUT2D eigenvalue weighted by molar-refractivity contribution is -0.118. The predicted octanol–water partition coefficient (Wildman–Crippen LogP) is 2.62. The van der Waals surface area contributed by atoms with Gasteiger partial charge in [-0.3, -0.25) is 9.69 Å². The number of fused-ring (bicyclic) bond motifs is 1. The summed E-state index contributed by atoms with van der Waals surface area (Å²) in [5.74, 6) is 1.27. The highest BCUT2D eigenvalue weighted by Gasteiger charge is 2.36. The Morgan fingerprint density at radius 2 is 2.07 bits per heavy atom. The molecular formula is C13H23NO. The van der Waals surface area contributed by atoms with Crippen LogP contribution in [0.15, 0.2) is 0 Å². The van der Waals surface area contributed by atoms with Crippen LogP contribution < -0.4 is 0 Å². The van der Waals surface area contributed by atoms with Crippen molar-refractivity contribution in [3.63, 3.8) is 0 Å². The zero-order valence-electron chi connectivity index (χ0n) is 10.0. The molecule has 2 aliphatic rings. The first-order valence-corrected chi connectivity index (χ1v) is 6.43. The molecule has 0 radical (unpaired) electrons. The van der Waals surface area contributed by atoms with Gasteiger partial charge in [-0.25, -0.2) is 0 Å². The first-order valence-electron chi connectivity index (χ1n) is 6.43. The van der Waals surface area contributed by atoms with Crippen LogP contribution >= 0.6 is 0 Å². The molecule has 1 saturated carbocycles. The quantitative estimate of drug-likeness (QED) is 0.712. The number of Topliss-reactive ketones (excluding diaryl/α,β-unsaturated/α-hetero) is 1. The second kappa shape index (κ2) is 4.65. The van der Waals surface area contributed by atoms with Crippen LogP contribution in [-0.4, -0.2) is 29.3 Å². The summed E-state index contributed by atoms with van der Waals surface area (Å²) in [6.45, 7) is 5.16. The predicted molar refractivity (Wildman–Crippen MR) is 61.8 cm³/mol. The lowest BCUT2D eigenvalue weighted by atomic mass is 9.90. The van der Waals surface area contributed by atoms with E-state index in [1.54, 1.807) is 6.92 Å². The van der Waals surface area contributed by atoms with Crippen molar-refractivity contribution in [1.82, 2.24) is 4.90 Å². The normalized spacial score (nSPS) is 33.7. The van der Waals surface area contributed by atoms with Crippen LogP contribution in [0.3, 0.4) is 0 Å². The van der Waals surface area contributed by atoms with Crippen molar-refractivity contribution in [2.45, 2.75) is 64.5 Å². The summed E-state index contributed by atoms with van der Waals surface area (Å²) in [7, 11) is 0. The Morgan fingerprint density at radius 3 is 2.80 bits per heavy atom. The molecule has 1 saturated heterocycles. The number of hydrogen-bond donors (Lipinski definition) is 0. The molecule has 15 heavy (non-hydrogen) atoms. The second-order valence-corrected chi connectivity index (χ2v) is 5.39. The van der Waals surface area contributed by atoms with Gasteiger partial charge >= 0.3 is 0 Å². The fraction of sp³-hybridized carbons (Fsp3) is 0.923. The minimum atomic E-state index is 0.336. The molecule has 2 rings (SSSR count). The van der Waals surface area contributed by atoms with Crippen LogP contribution in [0.4, 0.5) is 0 Å². The summed E-state index contributed by atoms with van der Waals surface area (Å²) < 4.78 is 0. The first-order chi connectivity index (χ1) is 7.18. The summed E-state index contributed by atoms with van der Waals surface area (Å²) in [5.41, 5.74) is 0. The third-order valence-corrected chi connectivity index (χ3v) is 4.19. The summed E-state index contributed by atoms with van der Waals surface area (Å²) >= 11 is 0. The second-order valence-electron chi connectivity index (χ2n) is 5.39. The Kier molecular flexibility index (Phi) is 3.45. The average Bonchev–Trinajstić information content (AvgIpc) is 2.63. The highest BCUT2D eigenvalue weighted by atomic mass is 16.1. The van der Waals surface area contributed by atoms with Gasteiger partial charge in [0, 0.05) is 18.5 Å². The fourth-order valence-electron chi connectivity index (χ4n) is 3.57. The van der Waals surface area contributed by atoms with E-state index >= 15 is 0 Å².